The number of hydrogen-bond donors (Lipinski definition) is 2. The fourth-order valence-electron chi connectivity index (χ4n) is 1.63. The second-order valence-electron chi connectivity index (χ2n) is 3.59. The summed E-state index contributed by atoms with van der Waals surface area (Å²) in [5.41, 5.74) is 6.07. The summed E-state index contributed by atoms with van der Waals surface area (Å²) < 4.78 is 11.3. The standard InChI is InChI=1S/C12H16BrNO4/c1-3-18-10-5-7(8(6-14)12(15)16)4-9(13)11(10)17-2/h4-5,8H,3,6,14H2,1-2H3,(H,15,16). The highest BCUT2D eigenvalue weighted by Gasteiger charge is 2.21. The van der Waals surface area contributed by atoms with Crippen molar-refractivity contribution in [3.05, 3.63) is 22.2 Å². The summed E-state index contributed by atoms with van der Waals surface area (Å²) in [6.07, 6.45) is 0. The summed E-state index contributed by atoms with van der Waals surface area (Å²) in [7, 11) is 1.53. The number of carbonyl (C=O) groups is 1. The molecule has 0 fully saturated rings. The molecule has 0 aliphatic rings. The van der Waals surface area contributed by atoms with E-state index in [0.29, 0.717) is 28.1 Å². The molecule has 0 saturated heterocycles. The quantitative estimate of drug-likeness (QED) is 0.838. The van der Waals surface area contributed by atoms with E-state index in [4.69, 9.17) is 20.3 Å². The van der Waals surface area contributed by atoms with Crippen LogP contribution in [0.1, 0.15) is 18.4 Å². The lowest BCUT2D eigenvalue weighted by Crippen LogP contribution is -2.21. The molecule has 0 amide bonds. The van der Waals surface area contributed by atoms with Crippen molar-refractivity contribution in [2.75, 3.05) is 20.3 Å². The fourth-order valence-corrected chi connectivity index (χ4v) is 2.25. The summed E-state index contributed by atoms with van der Waals surface area (Å²) >= 11 is 3.34. The Hall–Kier alpha value is -1.27. The molecule has 0 radical (unpaired) electrons. The second-order valence-corrected chi connectivity index (χ2v) is 4.45. The Labute approximate surface area is 114 Å². The van der Waals surface area contributed by atoms with E-state index in [1.165, 1.54) is 7.11 Å². The van der Waals surface area contributed by atoms with E-state index in [9.17, 15) is 4.79 Å². The van der Waals surface area contributed by atoms with Crippen molar-refractivity contribution in [1.29, 1.82) is 0 Å². The maximum atomic E-state index is 11.1. The van der Waals surface area contributed by atoms with Crippen LogP contribution in [0.4, 0.5) is 0 Å². The monoisotopic (exact) mass is 317 g/mol. The highest BCUT2D eigenvalue weighted by molar-refractivity contribution is 9.10. The van der Waals surface area contributed by atoms with Gasteiger partial charge in [0, 0.05) is 6.54 Å². The normalized spacial score (nSPS) is 12.0. The number of rotatable bonds is 6. The topological polar surface area (TPSA) is 81.8 Å². The number of halogens is 1. The molecular formula is C12H16BrNO4. The summed E-state index contributed by atoms with van der Waals surface area (Å²) in [6.45, 7) is 2.34. The van der Waals surface area contributed by atoms with Crippen molar-refractivity contribution in [3.63, 3.8) is 0 Å². The Balaban J connectivity index is 3.26. The number of benzene rings is 1. The SMILES string of the molecule is CCOc1cc(C(CN)C(=O)O)cc(Br)c1OC. The van der Waals surface area contributed by atoms with Crippen molar-refractivity contribution < 1.29 is 19.4 Å². The zero-order valence-electron chi connectivity index (χ0n) is 10.3. The predicted octanol–water partition coefficient (Wildman–Crippen LogP) is 1.98. The van der Waals surface area contributed by atoms with E-state index in [-0.39, 0.29) is 6.54 Å². The number of aliphatic carboxylic acids is 1. The third-order valence-corrected chi connectivity index (χ3v) is 3.06. The minimum Gasteiger partial charge on any atom is -0.492 e. The van der Waals surface area contributed by atoms with Crippen molar-refractivity contribution in [1.82, 2.24) is 0 Å². The van der Waals surface area contributed by atoms with E-state index in [1.54, 1.807) is 12.1 Å². The van der Waals surface area contributed by atoms with Gasteiger partial charge < -0.3 is 20.3 Å². The van der Waals surface area contributed by atoms with Gasteiger partial charge >= 0.3 is 5.97 Å². The van der Waals surface area contributed by atoms with Crippen molar-refractivity contribution >= 4 is 21.9 Å². The van der Waals surface area contributed by atoms with Gasteiger partial charge in [0.25, 0.3) is 0 Å². The van der Waals surface area contributed by atoms with Gasteiger partial charge in [-0.15, -0.1) is 0 Å². The molecule has 0 aliphatic heterocycles. The van der Waals surface area contributed by atoms with Crippen LogP contribution < -0.4 is 15.2 Å². The first-order chi connectivity index (χ1) is 8.54. The van der Waals surface area contributed by atoms with E-state index < -0.39 is 11.9 Å². The lowest BCUT2D eigenvalue weighted by Gasteiger charge is -2.16. The Kier molecular flexibility index (Phi) is 5.43. The molecule has 3 N–H and O–H groups in total. The number of carboxylic acids is 1. The number of hydrogen-bond acceptors (Lipinski definition) is 4. The van der Waals surface area contributed by atoms with Crippen LogP contribution in [0.15, 0.2) is 16.6 Å². The average molecular weight is 318 g/mol. The van der Waals surface area contributed by atoms with Crippen LogP contribution in [0.25, 0.3) is 0 Å². The second kappa shape index (κ2) is 6.61. The van der Waals surface area contributed by atoms with Crippen molar-refractivity contribution in [2.45, 2.75) is 12.8 Å². The molecule has 1 rings (SSSR count). The first-order valence-electron chi connectivity index (χ1n) is 5.48. The molecule has 1 atom stereocenters. The van der Waals surface area contributed by atoms with Gasteiger partial charge in [-0.1, -0.05) is 0 Å². The summed E-state index contributed by atoms with van der Waals surface area (Å²) in [4.78, 5) is 11.1. The zero-order valence-corrected chi connectivity index (χ0v) is 11.9. The van der Waals surface area contributed by atoms with Crippen LogP contribution >= 0.6 is 15.9 Å². The fraction of sp³-hybridized carbons (Fsp3) is 0.417. The Morgan fingerprint density at radius 1 is 1.56 bits per heavy atom. The first kappa shape index (κ1) is 14.8. The molecule has 0 spiro atoms. The van der Waals surface area contributed by atoms with Gasteiger partial charge in [-0.3, -0.25) is 4.79 Å². The minimum absolute atomic E-state index is 0.0274. The Morgan fingerprint density at radius 2 is 2.22 bits per heavy atom. The lowest BCUT2D eigenvalue weighted by atomic mass is 9.99. The Morgan fingerprint density at radius 3 is 2.67 bits per heavy atom. The maximum absolute atomic E-state index is 11.1. The van der Waals surface area contributed by atoms with Crippen LogP contribution in [-0.2, 0) is 4.79 Å². The van der Waals surface area contributed by atoms with Crippen LogP contribution in [-0.4, -0.2) is 31.3 Å². The Bertz CT molecular complexity index is 436. The summed E-state index contributed by atoms with van der Waals surface area (Å²) in [5.74, 6) is -0.672. The predicted molar refractivity (Wildman–Crippen MR) is 71.3 cm³/mol. The van der Waals surface area contributed by atoms with Crippen LogP contribution in [0.2, 0.25) is 0 Å². The zero-order chi connectivity index (χ0) is 13.7. The smallest absolute Gasteiger partial charge is 0.312 e. The highest BCUT2D eigenvalue weighted by Crippen LogP contribution is 2.38. The third-order valence-electron chi connectivity index (χ3n) is 2.47. The average Bonchev–Trinajstić information content (AvgIpc) is 2.29. The molecule has 0 heterocycles. The maximum Gasteiger partial charge on any atom is 0.312 e. The molecule has 0 saturated carbocycles. The molecule has 100 valence electrons. The molecule has 1 aromatic carbocycles. The van der Waals surface area contributed by atoms with Crippen LogP contribution in [0, 0.1) is 0 Å². The van der Waals surface area contributed by atoms with Gasteiger partial charge in [0.05, 0.1) is 24.1 Å². The van der Waals surface area contributed by atoms with Gasteiger partial charge in [-0.2, -0.15) is 0 Å². The molecule has 0 bridgehead atoms. The van der Waals surface area contributed by atoms with Crippen LogP contribution in [0.3, 0.4) is 0 Å². The molecule has 1 unspecified atom stereocenters. The first-order valence-corrected chi connectivity index (χ1v) is 6.27. The van der Waals surface area contributed by atoms with Crippen LogP contribution in [0.5, 0.6) is 11.5 Å². The van der Waals surface area contributed by atoms with Gasteiger partial charge in [-0.05, 0) is 40.5 Å². The van der Waals surface area contributed by atoms with E-state index in [2.05, 4.69) is 15.9 Å². The number of methoxy groups -OCH3 is 1. The molecule has 1 aromatic rings. The molecule has 0 aliphatic carbocycles. The molecular weight excluding hydrogens is 302 g/mol. The van der Waals surface area contributed by atoms with E-state index in [1.807, 2.05) is 6.92 Å². The van der Waals surface area contributed by atoms with Crippen molar-refractivity contribution in [2.24, 2.45) is 5.73 Å². The van der Waals surface area contributed by atoms with E-state index >= 15 is 0 Å². The van der Waals surface area contributed by atoms with Crippen molar-refractivity contribution in [3.8, 4) is 11.5 Å². The number of ether oxygens (including phenoxy) is 2. The summed E-state index contributed by atoms with van der Waals surface area (Å²) in [5, 5.41) is 9.10. The van der Waals surface area contributed by atoms with Gasteiger partial charge in [0.2, 0.25) is 0 Å². The summed E-state index contributed by atoms with van der Waals surface area (Å²) in [6, 6.07) is 3.34. The number of nitrogens with two attached hydrogens (primary N) is 1. The molecule has 6 heteroatoms. The highest BCUT2D eigenvalue weighted by atomic mass is 79.9. The minimum atomic E-state index is -0.961. The van der Waals surface area contributed by atoms with Gasteiger partial charge in [0.15, 0.2) is 11.5 Å². The van der Waals surface area contributed by atoms with Gasteiger partial charge in [-0.25, -0.2) is 0 Å². The molecule has 0 aromatic heterocycles. The largest absolute Gasteiger partial charge is 0.492 e. The lowest BCUT2D eigenvalue weighted by molar-refractivity contribution is -0.138. The third kappa shape index (κ3) is 3.14. The van der Waals surface area contributed by atoms with E-state index in [0.717, 1.165) is 0 Å². The molecule has 18 heavy (non-hydrogen) atoms. The van der Waals surface area contributed by atoms with Gasteiger partial charge in [0.1, 0.15) is 0 Å². The number of carboxylic acid groups (broad SMARTS) is 1. The molecule has 5 nitrogen and oxygen atoms in total.